The molecule has 9 N–H and O–H groups in total. The maximum Gasteiger partial charge on any atom is 0.340 e. The molecule has 4 heterocycles. The normalized spacial score (nSPS) is 48.9. The van der Waals surface area contributed by atoms with Gasteiger partial charge in [0, 0.05) is 46.8 Å². The van der Waals surface area contributed by atoms with Crippen LogP contribution in [0.1, 0.15) is 123 Å². The van der Waals surface area contributed by atoms with Gasteiger partial charge in [0.15, 0.2) is 25.2 Å². The highest BCUT2D eigenvalue weighted by Gasteiger charge is 2.77. The molecule has 0 aromatic heterocycles. The summed E-state index contributed by atoms with van der Waals surface area (Å²) in [7, 11) is 4.54. The summed E-state index contributed by atoms with van der Waals surface area (Å²) < 4.78 is 80.3. The van der Waals surface area contributed by atoms with Gasteiger partial charge in [0.05, 0.1) is 59.8 Å². The Morgan fingerprint density at radius 2 is 1.30 bits per heavy atom. The Labute approximate surface area is 468 Å². The lowest BCUT2D eigenvalue weighted by atomic mass is 9.42. The van der Waals surface area contributed by atoms with Gasteiger partial charge in [-0.1, -0.05) is 26.0 Å². The maximum absolute atomic E-state index is 13.4. The third-order valence-corrected chi connectivity index (χ3v) is 20.5. The number of fused-ring (bicyclic) bond motifs is 5. The molecule has 454 valence electrons. The van der Waals surface area contributed by atoms with Crippen LogP contribution in [0.25, 0.3) is 0 Å². The molecule has 4 aliphatic carbocycles. The zero-order valence-electron chi connectivity index (χ0n) is 47.8. The van der Waals surface area contributed by atoms with Gasteiger partial charge in [0.2, 0.25) is 0 Å². The number of nitrogen functional groups attached to an aromatic ring is 1. The molecular formula is C57H89NO22. The largest absolute Gasteiger partial charge is 0.462 e. The summed E-state index contributed by atoms with van der Waals surface area (Å²) in [5, 5.41) is 78.4. The molecular weight excluding hydrogens is 1050 g/mol. The smallest absolute Gasteiger partial charge is 0.340 e. The Hall–Kier alpha value is -2.76. The summed E-state index contributed by atoms with van der Waals surface area (Å²) in [5.41, 5.74) is 1.75. The number of aliphatic hydroxyl groups is 7. The van der Waals surface area contributed by atoms with Gasteiger partial charge < -0.3 is 103 Å². The van der Waals surface area contributed by atoms with E-state index in [0.717, 1.165) is 25.7 Å². The first-order valence-corrected chi connectivity index (χ1v) is 28.7. The van der Waals surface area contributed by atoms with Crippen LogP contribution in [0, 0.1) is 28.6 Å². The van der Waals surface area contributed by atoms with Crippen molar-refractivity contribution in [1.82, 2.24) is 0 Å². The number of para-hydroxylation sites is 1. The molecule has 1 unspecified atom stereocenters. The first-order chi connectivity index (χ1) is 37.9. The van der Waals surface area contributed by atoms with Crippen LogP contribution in [0.3, 0.4) is 0 Å². The second-order valence-corrected chi connectivity index (χ2v) is 24.5. The van der Waals surface area contributed by atoms with E-state index in [0.29, 0.717) is 19.3 Å². The number of hydrogen-bond donors (Lipinski definition) is 8. The minimum Gasteiger partial charge on any atom is -0.462 e. The second-order valence-electron chi connectivity index (χ2n) is 24.5. The highest BCUT2D eigenvalue weighted by Crippen LogP contribution is 2.71. The minimum atomic E-state index is -1.73. The Kier molecular flexibility index (Phi) is 18.8. The van der Waals surface area contributed by atoms with Crippen molar-refractivity contribution in [1.29, 1.82) is 0 Å². The molecule has 4 saturated heterocycles. The van der Waals surface area contributed by atoms with E-state index in [4.69, 9.17) is 67.3 Å². The van der Waals surface area contributed by atoms with Crippen LogP contribution in [0.2, 0.25) is 0 Å². The van der Waals surface area contributed by atoms with Gasteiger partial charge in [0.1, 0.15) is 72.7 Å². The Morgan fingerprint density at radius 3 is 1.93 bits per heavy atom. The lowest BCUT2D eigenvalue weighted by molar-refractivity contribution is -0.373. The number of carbonyl (C=O) groups excluding carboxylic acids is 2. The summed E-state index contributed by atoms with van der Waals surface area (Å²) >= 11 is 0. The van der Waals surface area contributed by atoms with E-state index >= 15 is 0 Å². The van der Waals surface area contributed by atoms with Crippen molar-refractivity contribution in [2.24, 2.45) is 28.6 Å². The Balaban J connectivity index is 0.794. The SMILES string of the molecule is CO[C@H]1[C@@H](O)[C@H](O[C@@H]2[C@@H](C)O[C@@H](O[C@H]3[C@@H](OC)C[C@H](O[C@H]4CC[C@@]5(C)[C@@H](CC[C@@H]6[C@@H]5C[C@@H](OC(C)=O)[C@]5(C)[C@](O)(C(C)OC(=O)c7ccccc7N)CC[C@]65O)C4)O[C@@H]3C)C[C@H]2OC)O[C@H](C)[C@H]1O[C@@H]1O[C@H](CO)[C@@H](O)[C@H](O)[C@H]1O. The summed E-state index contributed by atoms with van der Waals surface area (Å²) in [6, 6.07) is 6.57. The fraction of sp³-hybridized carbons (Fsp3) is 0.860. The molecule has 0 spiro atoms. The van der Waals surface area contributed by atoms with E-state index in [2.05, 4.69) is 6.92 Å². The third-order valence-electron chi connectivity index (χ3n) is 20.5. The number of anilines is 1. The van der Waals surface area contributed by atoms with Crippen molar-refractivity contribution in [3.63, 3.8) is 0 Å². The topological polar surface area (TPSA) is 322 Å². The fourth-order valence-corrected chi connectivity index (χ4v) is 15.8. The summed E-state index contributed by atoms with van der Waals surface area (Å²) in [4.78, 5) is 26.4. The Bertz CT molecular complexity index is 2280. The summed E-state index contributed by atoms with van der Waals surface area (Å²) in [6.45, 7) is 11.8. The highest BCUT2D eigenvalue weighted by molar-refractivity contribution is 5.95. The summed E-state index contributed by atoms with van der Waals surface area (Å²) in [5.74, 6) is -1.23. The van der Waals surface area contributed by atoms with Gasteiger partial charge in [-0.2, -0.15) is 0 Å². The molecule has 4 aliphatic heterocycles. The minimum absolute atomic E-state index is 0.0393. The molecule has 0 radical (unpaired) electrons. The van der Waals surface area contributed by atoms with E-state index < -0.39 is 158 Å². The lowest BCUT2D eigenvalue weighted by Gasteiger charge is -2.66. The van der Waals surface area contributed by atoms with E-state index in [1.54, 1.807) is 66.2 Å². The number of ether oxygens (including phenoxy) is 13. The van der Waals surface area contributed by atoms with E-state index in [-0.39, 0.29) is 59.8 Å². The van der Waals surface area contributed by atoms with Crippen molar-refractivity contribution in [2.75, 3.05) is 33.7 Å². The maximum atomic E-state index is 13.4. The Morgan fingerprint density at radius 1 is 0.688 bits per heavy atom. The number of hydrogen-bond acceptors (Lipinski definition) is 23. The van der Waals surface area contributed by atoms with E-state index in [9.17, 15) is 45.3 Å². The van der Waals surface area contributed by atoms with Crippen molar-refractivity contribution in [3.05, 3.63) is 29.8 Å². The average Bonchev–Trinajstić information content (AvgIpc) is 3.76. The predicted molar refractivity (Wildman–Crippen MR) is 279 cm³/mol. The monoisotopic (exact) mass is 1140 g/mol. The standard InChI is InChI=1S/C57H89NO22/c1-26-47(78-42-24-38(69-9)48(27(2)72-42)79-53-46(64)50(70-10)49(28(3)73-53)80-52-45(63)44(62)43(61)39(25-59)77-52)37(68-8)23-41(71-26)76-32-17-18-54(6)31(21-32)15-16-34-35(54)22-40(75-30(5)60)55(7)56(66,19-20-57(34,55)67)29(4)74-51(65)33-13-11-12-14-36(33)58/h11-14,26-29,31-32,34-35,37-50,52-53,59,61-64,66-67H,15-25,58H2,1-10H3/t26-,27-,28-,29?,31+,32+,34-,35+,37+,38-,39-,40-,41+,42+,43-,44+,45-,46-,47-,48-,49-,50+,52+,53+,54+,55-,56-,57+/m1/s1. The van der Waals surface area contributed by atoms with Crippen LogP contribution in [0.5, 0.6) is 0 Å². The van der Waals surface area contributed by atoms with Crippen LogP contribution >= 0.6 is 0 Å². The van der Waals surface area contributed by atoms with Crippen LogP contribution in [0.15, 0.2) is 24.3 Å². The van der Waals surface area contributed by atoms with Crippen molar-refractivity contribution < 1.29 is 107 Å². The zero-order valence-corrected chi connectivity index (χ0v) is 47.8. The first kappa shape index (κ1) is 61.8. The molecule has 0 bridgehead atoms. The van der Waals surface area contributed by atoms with Gasteiger partial charge in [-0.25, -0.2) is 4.79 Å². The third kappa shape index (κ3) is 11.0. The summed E-state index contributed by atoms with van der Waals surface area (Å²) in [6.07, 6.45) is -14.8. The molecule has 1 aromatic rings. The van der Waals surface area contributed by atoms with Gasteiger partial charge >= 0.3 is 11.9 Å². The van der Waals surface area contributed by atoms with Gasteiger partial charge in [-0.3, -0.25) is 4.79 Å². The number of carbonyl (C=O) groups is 2. The molecule has 28 atom stereocenters. The average molecular weight is 1140 g/mol. The molecule has 80 heavy (non-hydrogen) atoms. The predicted octanol–water partition coefficient (Wildman–Crippen LogP) is 2.01. The molecule has 23 nitrogen and oxygen atoms in total. The lowest BCUT2D eigenvalue weighted by Crippen LogP contribution is -2.72. The second kappa shape index (κ2) is 24.3. The zero-order chi connectivity index (χ0) is 58.0. The quantitative estimate of drug-likeness (QED) is 0.0667. The number of rotatable bonds is 16. The van der Waals surface area contributed by atoms with E-state index in [1.165, 1.54) is 14.0 Å². The van der Waals surface area contributed by atoms with Crippen LogP contribution < -0.4 is 5.73 Å². The number of methoxy groups -OCH3 is 3. The molecule has 23 heteroatoms. The molecule has 8 aliphatic rings. The van der Waals surface area contributed by atoms with Gasteiger partial charge in [-0.05, 0) is 114 Å². The number of esters is 2. The number of nitrogens with two attached hydrogens (primary N) is 1. The van der Waals surface area contributed by atoms with Crippen LogP contribution in [0.4, 0.5) is 5.69 Å². The molecule has 4 saturated carbocycles. The molecule has 9 rings (SSSR count). The first-order valence-electron chi connectivity index (χ1n) is 28.7. The van der Waals surface area contributed by atoms with Crippen molar-refractivity contribution >= 4 is 17.6 Å². The van der Waals surface area contributed by atoms with E-state index in [1.807, 2.05) is 6.92 Å². The number of aliphatic hydroxyl groups excluding tert-OH is 5. The van der Waals surface area contributed by atoms with Crippen molar-refractivity contribution in [3.8, 4) is 0 Å². The van der Waals surface area contributed by atoms with Crippen molar-refractivity contribution in [2.45, 2.75) is 253 Å². The highest BCUT2D eigenvalue weighted by atomic mass is 16.8. The van der Waals surface area contributed by atoms with Gasteiger partial charge in [0.25, 0.3) is 0 Å². The molecule has 8 fully saturated rings. The molecule has 1 aromatic carbocycles. The molecule has 0 amide bonds. The van der Waals surface area contributed by atoms with Crippen LogP contribution in [-0.2, 0) is 66.4 Å². The van der Waals surface area contributed by atoms with Gasteiger partial charge in [-0.15, -0.1) is 0 Å². The number of benzene rings is 1. The fourth-order valence-electron chi connectivity index (χ4n) is 15.8. The van der Waals surface area contributed by atoms with Crippen LogP contribution in [-0.4, -0.2) is 216 Å².